The molecule has 1 aromatic heterocycles. The van der Waals surface area contributed by atoms with Crippen molar-refractivity contribution in [3.8, 4) is 5.88 Å². The number of nitrogens with zero attached hydrogens (tertiary/aromatic N) is 2. The van der Waals surface area contributed by atoms with Crippen LogP contribution in [0, 0.1) is 0 Å². The zero-order chi connectivity index (χ0) is 6.69. The molecule has 4 nitrogen and oxygen atoms in total. The average molecular weight is 127 g/mol. The molecule has 0 saturated heterocycles. The number of aromatic amines is 1. The molecular formula is C5H9N3O. The Morgan fingerprint density at radius 1 is 1.67 bits per heavy atom. The third-order valence-electron chi connectivity index (χ3n) is 0.751. The van der Waals surface area contributed by atoms with E-state index in [2.05, 4.69) is 15.4 Å². The molecule has 9 heavy (non-hydrogen) atoms. The van der Waals surface area contributed by atoms with Gasteiger partial charge < -0.3 is 4.74 Å². The molecule has 1 heterocycles. The predicted octanol–water partition coefficient (Wildman–Crippen LogP) is 0.592. The Morgan fingerprint density at radius 2 is 2.44 bits per heavy atom. The molecule has 4 heteroatoms. The smallest absolute Gasteiger partial charge is 0.253 e. The Labute approximate surface area is 53.2 Å². The number of rotatable bonds is 2. The summed E-state index contributed by atoms with van der Waals surface area (Å²) in [6.07, 6.45) is 1.77. The summed E-state index contributed by atoms with van der Waals surface area (Å²) in [6, 6.07) is 0. The van der Waals surface area contributed by atoms with E-state index >= 15 is 0 Å². The SMILES string of the molecule is CC(C)Oc1c[nH]nn1. The highest BCUT2D eigenvalue weighted by atomic mass is 16.5. The van der Waals surface area contributed by atoms with Crippen LogP contribution in [0.5, 0.6) is 5.88 Å². The lowest BCUT2D eigenvalue weighted by Crippen LogP contribution is -2.05. The minimum absolute atomic E-state index is 0.162. The largest absolute Gasteiger partial charge is 0.473 e. The first-order valence-electron chi connectivity index (χ1n) is 2.82. The monoisotopic (exact) mass is 127 g/mol. The summed E-state index contributed by atoms with van der Waals surface area (Å²) in [7, 11) is 0. The van der Waals surface area contributed by atoms with Crippen LogP contribution in [0.15, 0.2) is 6.20 Å². The molecule has 0 unspecified atom stereocenters. The number of aromatic nitrogens is 3. The normalized spacial score (nSPS) is 10.1. The summed E-state index contributed by atoms with van der Waals surface area (Å²) in [6.45, 7) is 3.88. The van der Waals surface area contributed by atoms with Gasteiger partial charge >= 0.3 is 0 Å². The van der Waals surface area contributed by atoms with Gasteiger partial charge in [0.05, 0.1) is 12.3 Å². The Balaban J connectivity index is 2.48. The Bertz CT molecular complexity index is 159. The zero-order valence-corrected chi connectivity index (χ0v) is 5.46. The summed E-state index contributed by atoms with van der Waals surface area (Å²) in [5.74, 6) is 0.546. The summed E-state index contributed by atoms with van der Waals surface area (Å²) < 4.78 is 5.15. The molecule has 0 fully saturated rings. The molecule has 0 aromatic carbocycles. The molecule has 0 amide bonds. The van der Waals surface area contributed by atoms with Crippen molar-refractivity contribution >= 4 is 0 Å². The van der Waals surface area contributed by atoms with E-state index in [-0.39, 0.29) is 6.10 Å². The van der Waals surface area contributed by atoms with Gasteiger partial charge in [-0.3, -0.25) is 5.10 Å². The maximum atomic E-state index is 5.15. The Morgan fingerprint density at radius 3 is 2.89 bits per heavy atom. The predicted molar refractivity (Wildman–Crippen MR) is 32.1 cm³/mol. The Hall–Kier alpha value is -1.06. The first-order chi connectivity index (χ1) is 4.29. The molecular weight excluding hydrogens is 118 g/mol. The van der Waals surface area contributed by atoms with Crippen LogP contribution in [-0.2, 0) is 0 Å². The van der Waals surface area contributed by atoms with Gasteiger partial charge in [-0.2, -0.15) is 0 Å². The van der Waals surface area contributed by atoms with Crippen molar-refractivity contribution in [3.63, 3.8) is 0 Å². The Kier molecular flexibility index (Phi) is 1.67. The van der Waals surface area contributed by atoms with Gasteiger partial charge in [-0.05, 0) is 13.8 Å². The van der Waals surface area contributed by atoms with Gasteiger partial charge in [-0.25, -0.2) is 0 Å². The summed E-state index contributed by atoms with van der Waals surface area (Å²) >= 11 is 0. The molecule has 1 aromatic rings. The third kappa shape index (κ3) is 1.71. The van der Waals surface area contributed by atoms with Crippen molar-refractivity contribution in [1.82, 2.24) is 15.4 Å². The number of ether oxygens (including phenoxy) is 1. The third-order valence-corrected chi connectivity index (χ3v) is 0.751. The molecule has 0 spiro atoms. The van der Waals surface area contributed by atoms with Crippen LogP contribution in [0.3, 0.4) is 0 Å². The van der Waals surface area contributed by atoms with Gasteiger partial charge in [0.15, 0.2) is 0 Å². The van der Waals surface area contributed by atoms with Crippen molar-refractivity contribution in [1.29, 1.82) is 0 Å². The second-order valence-corrected chi connectivity index (χ2v) is 1.98. The van der Waals surface area contributed by atoms with Crippen LogP contribution in [-0.4, -0.2) is 21.5 Å². The van der Waals surface area contributed by atoms with Crippen LogP contribution in [0.4, 0.5) is 0 Å². The van der Waals surface area contributed by atoms with E-state index in [0.717, 1.165) is 0 Å². The maximum Gasteiger partial charge on any atom is 0.253 e. The maximum absolute atomic E-state index is 5.15. The van der Waals surface area contributed by atoms with E-state index in [9.17, 15) is 0 Å². The topological polar surface area (TPSA) is 50.8 Å². The summed E-state index contributed by atoms with van der Waals surface area (Å²) in [4.78, 5) is 0. The van der Waals surface area contributed by atoms with Gasteiger partial charge in [0.25, 0.3) is 5.88 Å². The van der Waals surface area contributed by atoms with E-state index in [1.54, 1.807) is 6.20 Å². The van der Waals surface area contributed by atoms with Crippen molar-refractivity contribution in [2.75, 3.05) is 0 Å². The van der Waals surface area contributed by atoms with E-state index in [1.807, 2.05) is 13.8 Å². The molecule has 0 bridgehead atoms. The minimum atomic E-state index is 0.162. The average Bonchev–Trinajstić information content (AvgIpc) is 2.15. The van der Waals surface area contributed by atoms with E-state index < -0.39 is 0 Å². The molecule has 0 aliphatic carbocycles. The molecule has 50 valence electrons. The molecule has 0 saturated carbocycles. The first-order valence-corrected chi connectivity index (χ1v) is 2.82. The second-order valence-electron chi connectivity index (χ2n) is 1.98. The fourth-order valence-electron chi connectivity index (χ4n) is 0.490. The van der Waals surface area contributed by atoms with Crippen LogP contribution in [0.25, 0.3) is 0 Å². The minimum Gasteiger partial charge on any atom is -0.473 e. The number of nitrogens with one attached hydrogen (secondary N) is 1. The highest BCUT2D eigenvalue weighted by Gasteiger charge is 1.97. The zero-order valence-electron chi connectivity index (χ0n) is 5.46. The first kappa shape index (κ1) is 6.07. The van der Waals surface area contributed by atoms with Crippen LogP contribution in [0.1, 0.15) is 13.8 Å². The van der Waals surface area contributed by atoms with Gasteiger partial charge in [-0.15, -0.1) is 0 Å². The van der Waals surface area contributed by atoms with Gasteiger partial charge in [0.1, 0.15) is 0 Å². The van der Waals surface area contributed by atoms with Crippen molar-refractivity contribution < 1.29 is 4.74 Å². The fourth-order valence-corrected chi connectivity index (χ4v) is 0.490. The highest BCUT2D eigenvalue weighted by Crippen LogP contribution is 2.01. The quantitative estimate of drug-likeness (QED) is 0.632. The molecule has 0 aliphatic rings. The van der Waals surface area contributed by atoms with E-state index in [0.29, 0.717) is 5.88 Å². The van der Waals surface area contributed by atoms with E-state index in [1.165, 1.54) is 0 Å². The van der Waals surface area contributed by atoms with Crippen LogP contribution in [0.2, 0.25) is 0 Å². The van der Waals surface area contributed by atoms with Gasteiger partial charge in [-0.1, -0.05) is 10.3 Å². The van der Waals surface area contributed by atoms with Gasteiger partial charge in [0, 0.05) is 0 Å². The highest BCUT2D eigenvalue weighted by molar-refractivity contribution is 4.97. The van der Waals surface area contributed by atoms with Gasteiger partial charge in [0.2, 0.25) is 0 Å². The summed E-state index contributed by atoms with van der Waals surface area (Å²) in [5, 5.41) is 9.65. The molecule has 0 aliphatic heterocycles. The second kappa shape index (κ2) is 2.48. The van der Waals surface area contributed by atoms with Crippen molar-refractivity contribution in [2.24, 2.45) is 0 Å². The summed E-state index contributed by atoms with van der Waals surface area (Å²) in [5.41, 5.74) is 0. The number of H-pyrrole nitrogens is 1. The standard InChI is InChI=1S/C5H9N3O/c1-4(2)9-5-3-6-8-7-5/h3-4H,1-2H3,(H,6,7,8). The van der Waals surface area contributed by atoms with Crippen LogP contribution >= 0.6 is 0 Å². The molecule has 1 N–H and O–H groups in total. The van der Waals surface area contributed by atoms with Crippen molar-refractivity contribution in [3.05, 3.63) is 6.20 Å². The van der Waals surface area contributed by atoms with Crippen molar-refractivity contribution in [2.45, 2.75) is 20.0 Å². The number of hydrogen-bond donors (Lipinski definition) is 1. The lowest BCUT2D eigenvalue weighted by molar-refractivity contribution is 0.232. The fraction of sp³-hybridized carbons (Fsp3) is 0.600. The van der Waals surface area contributed by atoms with Crippen LogP contribution < -0.4 is 4.74 Å². The number of hydrogen-bond acceptors (Lipinski definition) is 3. The molecule has 0 atom stereocenters. The lowest BCUT2D eigenvalue weighted by atomic mass is 10.5. The molecule has 0 radical (unpaired) electrons. The lowest BCUT2D eigenvalue weighted by Gasteiger charge is -2.02. The van der Waals surface area contributed by atoms with E-state index in [4.69, 9.17) is 4.74 Å². The molecule has 1 rings (SSSR count).